The minimum atomic E-state index is -0.668. The summed E-state index contributed by atoms with van der Waals surface area (Å²) in [5.41, 5.74) is 0.612. The summed E-state index contributed by atoms with van der Waals surface area (Å²) in [6, 6.07) is 5.79. The number of urea groups is 1. The molecular weight excluding hydrogens is 272 g/mol. The number of amides is 2. The van der Waals surface area contributed by atoms with E-state index < -0.39 is 18.0 Å². The molecule has 2 amide bonds. The molecule has 0 radical (unpaired) electrons. The Hall–Kier alpha value is -2.24. The Labute approximate surface area is 124 Å². The highest BCUT2D eigenvalue weighted by molar-refractivity contribution is 5.92. The van der Waals surface area contributed by atoms with Crippen LogP contribution in [0.3, 0.4) is 0 Å². The summed E-state index contributed by atoms with van der Waals surface area (Å²) in [5.74, 6) is 0.237. The Morgan fingerprint density at radius 1 is 1.19 bits per heavy atom. The maximum Gasteiger partial charge on any atom is 0.328 e. The number of carbonyl (C=O) groups excluding carboxylic acids is 2. The number of esters is 1. The molecule has 0 aliphatic rings. The van der Waals surface area contributed by atoms with E-state index in [1.165, 1.54) is 7.11 Å². The number of anilines is 1. The SMILES string of the molecule is CCC(C)C(NC(=O)Nc1ccc(OC)cc1)C(=O)OC. The Bertz CT molecular complexity index is 473. The number of hydrogen-bond donors (Lipinski definition) is 2. The van der Waals surface area contributed by atoms with Crippen molar-refractivity contribution in [2.24, 2.45) is 5.92 Å². The van der Waals surface area contributed by atoms with Crippen molar-refractivity contribution >= 4 is 17.7 Å². The van der Waals surface area contributed by atoms with Crippen molar-refractivity contribution in [1.29, 1.82) is 0 Å². The van der Waals surface area contributed by atoms with Gasteiger partial charge in [-0.3, -0.25) is 0 Å². The number of nitrogens with one attached hydrogen (secondary N) is 2. The third-order valence-electron chi connectivity index (χ3n) is 3.30. The van der Waals surface area contributed by atoms with Gasteiger partial charge in [-0.25, -0.2) is 9.59 Å². The topological polar surface area (TPSA) is 76.7 Å². The van der Waals surface area contributed by atoms with E-state index in [4.69, 9.17) is 9.47 Å². The lowest BCUT2D eigenvalue weighted by molar-refractivity contribution is -0.144. The number of hydrogen-bond acceptors (Lipinski definition) is 4. The third-order valence-corrected chi connectivity index (χ3v) is 3.30. The molecule has 6 heteroatoms. The van der Waals surface area contributed by atoms with Gasteiger partial charge in [0, 0.05) is 5.69 Å². The van der Waals surface area contributed by atoms with Crippen molar-refractivity contribution in [3.05, 3.63) is 24.3 Å². The molecule has 0 heterocycles. The third kappa shape index (κ3) is 4.98. The van der Waals surface area contributed by atoms with Gasteiger partial charge in [0.05, 0.1) is 14.2 Å². The highest BCUT2D eigenvalue weighted by Crippen LogP contribution is 2.15. The molecule has 0 spiro atoms. The first kappa shape index (κ1) is 16.8. The molecule has 6 nitrogen and oxygen atoms in total. The van der Waals surface area contributed by atoms with E-state index in [1.54, 1.807) is 31.4 Å². The van der Waals surface area contributed by atoms with E-state index in [-0.39, 0.29) is 5.92 Å². The van der Waals surface area contributed by atoms with Crippen LogP contribution in [0.15, 0.2) is 24.3 Å². The smallest absolute Gasteiger partial charge is 0.328 e. The molecule has 0 fully saturated rings. The number of benzene rings is 1. The highest BCUT2D eigenvalue weighted by Gasteiger charge is 2.26. The molecular formula is C15H22N2O4. The summed E-state index contributed by atoms with van der Waals surface area (Å²) in [6.45, 7) is 3.83. The Balaban J connectivity index is 2.66. The second kappa shape index (κ2) is 8.14. The van der Waals surface area contributed by atoms with Gasteiger partial charge < -0.3 is 20.1 Å². The molecule has 1 aromatic carbocycles. The van der Waals surface area contributed by atoms with Gasteiger partial charge in [0.1, 0.15) is 11.8 Å². The van der Waals surface area contributed by atoms with Gasteiger partial charge in [-0.1, -0.05) is 20.3 Å². The molecule has 0 aliphatic heterocycles. The lowest BCUT2D eigenvalue weighted by Gasteiger charge is -2.22. The van der Waals surface area contributed by atoms with Crippen LogP contribution in [0.4, 0.5) is 10.5 Å². The zero-order chi connectivity index (χ0) is 15.8. The van der Waals surface area contributed by atoms with Crippen molar-refractivity contribution in [1.82, 2.24) is 5.32 Å². The lowest BCUT2D eigenvalue weighted by Crippen LogP contribution is -2.47. The van der Waals surface area contributed by atoms with Gasteiger partial charge in [0.25, 0.3) is 0 Å². The molecule has 1 rings (SSSR count). The second-order valence-corrected chi connectivity index (χ2v) is 4.71. The maximum atomic E-state index is 12.0. The summed E-state index contributed by atoms with van der Waals surface area (Å²) in [4.78, 5) is 23.7. The van der Waals surface area contributed by atoms with Gasteiger partial charge in [-0.2, -0.15) is 0 Å². The molecule has 2 N–H and O–H groups in total. The van der Waals surface area contributed by atoms with Crippen LogP contribution in [0.1, 0.15) is 20.3 Å². The fourth-order valence-electron chi connectivity index (χ4n) is 1.78. The molecule has 116 valence electrons. The van der Waals surface area contributed by atoms with Crippen LogP contribution in [0.25, 0.3) is 0 Å². The van der Waals surface area contributed by atoms with E-state index in [1.807, 2.05) is 13.8 Å². The average Bonchev–Trinajstić information content (AvgIpc) is 2.51. The molecule has 2 atom stereocenters. The van der Waals surface area contributed by atoms with E-state index in [2.05, 4.69) is 10.6 Å². The zero-order valence-electron chi connectivity index (χ0n) is 12.8. The Kier molecular flexibility index (Phi) is 6.52. The van der Waals surface area contributed by atoms with Crippen molar-refractivity contribution in [2.75, 3.05) is 19.5 Å². The molecule has 1 aromatic rings. The normalized spacial score (nSPS) is 13.0. The summed E-state index contributed by atoms with van der Waals surface area (Å²) >= 11 is 0. The summed E-state index contributed by atoms with van der Waals surface area (Å²) in [6.07, 6.45) is 0.753. The number of ether oxygens (including phenoxy) is 2. The van der Waals surface area contributed by atoms with Crippen LogP contribution in [-0.4, -0.2) is 32.3 Å². The van der Waals surface area contributed by atoms with Gasteiger partial charge in [-0.15, -0.1) is 0 Å². The number of carbonyl (C=O) groups is 2. The molecule has 0 saturated heterocycles. The first-order valence-electron chi connectivity index (χ1n) is 6.81. The van der Waals surface area contributed by atoms with E-state index in [0.717, 1.165) is 6.42 Å². The molecule has 2 unspecified atom stereocenters. The zero-order valence-corrected chi connectivity index (χ0v) is 12.8. The van der Waals surface area contributed by atoms with Crippen LogP contribution in [-0.2, 0) is 9.53 Å². The quantitative estimate of drug-likeness (QED) is 0.790. The molecule has 0 saturated carbocycles. The number of methoxy groups -OCH3 is 2. The first-order valence-corrected chi connectivity index (χ1v) is 6.81. The fraction of sp³-hybridized carbons (Fsp3) is 0.467. The van der Waals surface area contributed by atoms with Crippen molar-refractivity contribution in [3.63, 3.8) is 0 Å². The van der Waals surface area contributed by atoms with Crippen molar-refractivity contribution in [2.45, 2.75) is 26.3 Å². The number of rotatable bonds is 6. The Morgan fingerprint density at radius 2 is 1.81 bits per heavy atom. The lowest BCUT2D eigenvalue weighted by atomic mass is 9.99. The van der Waals surface area contributed by atoms with Crippen LogP contribution in [0, 0.1) is 5.92 Å². The van der Waals surface area contributed by atoms with Gasteiger partial charge in [0.2, 0.25) is 0 Å². The van der Waals surface area contributed by atoms with Gasteiger partial charge >= 0.3 is 12.0 Å². The standard InChI is InChI=1S/C15H22N2O4/c1-5-10(2)13(14(18)21-4)17-15(19)16-11-6-8-12(20-3)9-7-11/h6-10,13H,5H2,1-4H3,(H2,16,17,19). The van der Waals surface area contributed by atoms with Gasteiger partial charge in [-0.05, 0) is 30.2 Å². The first-order chi connectivity index (χ1) is 10.0. The largest absolute Gasteiger partial charge is 0.497 e. The highest BCUT2D eigenvalue weighted by atomic mass is 16.5. The van der Waals surface area contributed by atoms with Crippen LogP contribution >= 0.6 is 0 Å². The molecule has 21 heavy (non-hydrogen) atoms. The summed E-state index contributed by atoms with van der Waals surface area (Å²) in [5, 5.41) is 5.31. The molecule has 0 bridgehead atoms. The van der Waals surface area contributed by atoms with Crippen molar-refractivity contribution in [3.8, 4) is 5.75 Å². The average molecular weight is 294 g/mol. The summed E-state index contributed by atoms with van der Waals surface area (Å²) < 4.78 is 9.76. The molecule has 0 aromatic heterocycles. The minimum Gasteiger partial charge on any atom is -0.497 e. The Morgan fingerprint density at radius 3 is 2.29 bits per heavy atom. The van der Waals surface area contributed by atoms with Crippen LogP contribution in [0.5, 0.6) is 5.75 Å². The second-order valence-electron chi connectivity index (χ2n) is 4.71. The predicted molar refractivity (Wildman–Crippen MR) is 80.4 cm³/mol. The maximum absolute atomic E-state index is 12.0. The van der Waals surface area contributed by atoms with E-state index in [0.29, 0.717) is 11.4 Å². The van der Waals surface area contributed by atoms with Crippen molar-refractivity contribution < 1.29 is 19.1 Å². The fourth-order valence-corrected chi connectivity index (χ4v) is 1.78. The van der Waals surface area contributed by atoms with E-state index in [9.17, 15) is 9.59 Å². The van der Waals surface area contributed by atoms with Gasteiger partial charge in [0.15, 0.2) is 0 Å². The summed E-state index contributed by atoms with van der Waals surface area (Å²) in [7, 11) is 2.88. The van der Waals surface area contributed by atoms with E-state index >= 15 is 0 Å². The monoisotopic (exact) mass is 294 g/mol. The van der Waals surface area contributed by atoms with Crippen LogP contribution < -0.4 is 15.4 Å². The minimum absolute atomic E-state index is 0.0148. The predicted octanol–water partition coefficient (Wildman–Crippen LogP) is 2.40. The van der Waals surface area contributed by atoms with Crippen LogP contribution in [0.2, 0.25) is 0 Å². The molecule has 0 aliphatic carbocycles.